The summed E-state index contributed by atoms with van der Waals surface area (Å²) in [6.07, 6.45) is 0. The normalized spacial score (nSPS) is 11.6. The lowest BCUT2D eigenvalue weighted by atomic mass is 10.1. The molecular weight excluding hydrogens is 232 g/mol. The van der Waals surface area contributed by atoms with Crippen molar-refractivity contribution in [3.63, 3.8) is 0 Å². The Morgan fingerprint density at radius 2 is 1.94 bits per heavy atom. The van der Waals surface area contributed by atoms with Crippen molar-refractivity contribution in [1.29, 1.82) is 0 Å². The fourth-order valence-corrected chi connectivity index (χ4v) is 1.81. The summed E-state index contributed by atoms with van der Waals surface area (Å²) in [5.41, 5.74) is -0.308. The Morgan fingerprint density at radius 3 is 2.61 bits per heavy atom. The van der Waals surface area contributed by atoms with E-state index in [4.69, 9.17) is 13.9 Å². The minimum atomic E-state index is -1.05. The van der Waals surface area contributed by atoms with Crippen LogP contribution in [0.25, 0.3) is 11.0 Å². The zero-order valence-electron chi connectivity index (χ0n) is 10.9. The van der Waals surface area contributed by atoms with Gasteiger partial charge in [-0.2, -0.15) is 0 Å². The maximum atomic E-state index is 11.6. The molecule has 1 heterocycles. The van der Waals surface area contributed by atoms with Crippen molar-refractivity contribution >= 4 is 16.9 Å². The lowest BCUT2D eigenvalue weighted by molar-refractivity contribution is -0.156. The molecule has 1 aromatic carbocycles. The van der Waals surface area contributed by atoms with Crippen LogP contribution in [0.15, 0.2) is 28.7 Å². The molecule has 0 aliphatic carbocycles. The third-order valence-corrected chi connectivity index (χ3v) is 2.75. The SMILES string of the molecule is COC(=O)C(C)(C)Oc1c(C)oc2ccccc12. The standard InChI is InChI=1S/C14H16O4/c1-9-12(18-14(2,3)13(15)16-4)10-7-5-6-8-11(10)17-9/h5-8H,1-4H3. The van der Waals surface area contributed by atoms with E-state index in [1.807, 2.05) is 31.2 Å². The molecule has 0 aliphatic rings. The first-order valence-electron chi connectivity index (χ1n) is 5.71. The summed E-state index contributed by atoms with van der Waals surface area (Å²) in [6, 6.07) is 7.55. The molecule has 96 valence electrons. The maximum absolute atomic E-state index is 11.6. The predicted molar refractivity (Wildman–Crippen MR) is 67.7 cm³/mol. The van der Waals surface area contributed by atoms with Gasteiger partial charge >= 0.3 is 5.97 Å². The number of furan rings is 1. The highest BCUT2D eigenvalue weighted by atomic mass is 16.6. The van der Waals surface area contributed by atoms with Crippen molar-refractivity contribution in [2.75, 3.05) is 7.11 Å². The molecule has 0 saturated heterocycles. The molecule has 0 atom stereocenters. The third-order valence-electron chi connectivity index (χ3n) is 2.75. The summed E-state index contributed by atoms with van der Waals surface area (Å²) in [6.45, 7) is 5.14. The monoisotopic (exact) mass is 248 g/mol. The molecule has 0 fully saturated rings. The largest absolute Gasteiger partial charge is 0.472 e. The highest BCUT2D eigenvalue weighted by Gasteiger charge is 2.33. The molecule has 0 amide bonds. The van der Waals surface area contributed by atoms with Crippen LogP contribution in [-0.4, -0.2) is 18.7 Å². The minimum Gasteiger partial charge on any atom is -0.472 e. The molecule has 2 rings (SSSR count). The topological polar surface area (TPSA) is 48.7 Å². The first-order chi connectivity index (χ1) is 8.45. The van der Waals surface area contributed by atoms with E-state index in [9.17, 15) is 4.79 Å². The number of methoxy groups -OCH3 is 1. The van der Waals surface area contributed by atoms with Crippen LogP contribution in [0.2, 0.25) is 0 Å². The van der Waals surface area contributed by atoms with Gasteiger partial charge in [-0.15, -0.1) is 0 Å². The Morgan fingerprint density at radius 1 is 1.28 bits per heavy atom. The average molecular weight is 248 g/mol. The second-order valence-corrected chi connectivity index (χ2v) is 4.59. The number of benzene rings is 1. The third kappa shape index (κ3) is 2.06. The van der Waals surface area contributed by atoms with Gasteiger partial charge in [-0.05, 0) is 32.9 Å². The zero-order valence-corrected chi connectivity index (χ0v) is 10.9. The Kier molecular flexibility index (Phi) is 3.03. The fraction of sp³-hybridized carbons (Fsp3) is 0.357. The molecule has 1 aromatic heterocycles. The minimum absolute atomic E-state index is 0.424. The van der Waals surface area contributed by atoms with Gasteiger partial charge in [0.1, 0.15) is 11.3 Å². The quantitative estimate of drug-likeness (QED) is 0.783. The summed E-state index contributed by atoms with van der Waals surface area (Å²) in [5, 5.41) is 0.854. The van der Waals surface area contributed by atoms with Crippen molar-refractivity contribution in [3.05, 3.63) is 30.0 Å². The molecule has 4 nitrogen and oxygen atoms in total. The number of rotatable bonds is 3. The number of para-hydroxylation sites is 1. The van der Waals surface area contributed by atoms with Crippen LogP contribution in [0.3, 0.4) is 0 Å². The molecule has 0 radical (unpaired) electrons. The predicted octanol–water partition coefficient (Wildman–Crippen LogP) is 3.07. The fourth-order valence-electron chi connectivity index (χ4n) is 1.81. The van der Waals surface area contributed by atoms with Crippen LogP contribution in [0, 0.1) is 6.92 Å². The van der Waals surface area contributed by atoms with Gasteiger partial charge in [0.25, 0.3) is 0 Å². The number of aryl methyl sites for hydroxylation is 1. The Bertz CT molecular complexity index is 580. The maximum Gasteiger partial charge on any atom is 0.349 e. The van der Waals surface area contributed by atoms with E-state index < -0.39 is 11.6 Å². The molecule has 0 bridgehead atoms. The summed E-state index contributed by atoms with van der Waals surface area (Å²) >= 11 is 0. The average Bonchev–Trinajstić information content (AvgIpc) is 2.65. The molecular formula is C14H16O4. The van der Waals surface area contributed by atoms with Gasteiger partial charge in [0.2, 0.25) is 0 Å². The van der Waals surface area contributed by atoms with Crippen molar-refractivity contribution in [2.45, 2.75) is 26.4 Å². The molecule has 0 unspecified atom stereocenters. The first-order valence-corrected chi connectivity index (χ1v) is 5.71. The van der Waals surface area contributed by atoms with Crippen LogP contribution >= 0.6 is 0 Å². The smallest absolute Gasteiger partial charge is 0.349 e. The van der Waals surface area contributed by atoms with Crippen LogP contribution in [0.5, 0.6) is 5.75 Å². The van der Waals surface area contributed by atoms with Crippen LogP contribution in [0.1, 0.15) is 19.6 Å². The summed E-state index contributed by atoms with van der Waals surface area (Å²) in [4.78, 5) is 11.6. The summed E-state index contributed by atoms with van der Waals surface area (Å²) < 4.78 is 16.1. The van der Waals surface area contributed by atoms with E-state index in [-0.39, 0.29) is 0 Å². The van der Waals surface area contributed by atoms with Crippen molar-refractivity contribution in [3.8, 4) is 5.75 Å². The van der Waals surface area contributed by atoms with E-state index >= 15 is 0 Å². The molecule has 0 N–H and O–H groups in total. The summed E-state index contributed by atoms with van der Waals surface area (Å²) in [5.74, 6) is 0.807. The summed E-state index contributed by atoms with van der Waals surface area (Å²) in [7, 11) is 1.34. The Labute approximate surface area is 105 Å². The van der Waals surface area contributed by atoms with Crippen LogP contribution in [0.4, 0.5) is 0 Å². The number of ether oxygens (including phenoxy) is 2. The second kappa shape index (κ2) is 4.37. The second-order valence-electron chi connectivity index (χ2n) is 4.59. The highest BCUT2D eigenvalue weighted by molar-refractivity contribution is 5.86. The van der Waals surface area contributed by atoms with Crippen molar-refractivity contribution in [2.24, 2.45) is 0 Å². The first kappa shape index (κ1) is 12.5. The van der Waals surface area contributed by atoms with E-state index in [0.29, 0.717) is 11.5 Å². The van der Waals surface area contributed by atoms with Crippen LogP contribution in [-0.2, 0) is 9.53 Å². The Balaban J connectivity index is 2.43. The number of hydrogen-bond acceptors (Lipinski definition) is 4. The molecule has 0 saturated carbocycles. The number of carbonyl (C=O) groups excluding carboxylic acids is 1. The van der Waals surface area contributed by atoms with Crippen molar-refractivity contribution in [1.82, 2.24) is 0 Å². The number of fused-ring (bicyclic) bond motifs is 1. The number of carbonyl (C=O) groups is 1. The van der Waals surface area contributed by atoms with Gasteiger partial charge in [-0.25, -0.2) is 4.79 Å². The number of hydrogen-bond donors (Lipinski definition) is 0. The van der Waals surface area contributed by atoms with E-state index in [1.165, 1.54) is 7.11 Å². The van der Waals surface area contributed by atoms with Gasteiger partial charge in [0.15, 0.2) is 11.4 Å². The Hall–Kier alpha value is -1.97. The van der Waals surface area contributed by atoms with Gasteiger partial charge in [0.05, 0.1) is 12.5 Å². The lowest BCUT2D eigenvalue weighted by Gasteiger charge is -2.23. The van der Waals surface area contributed by atoms with Gasteiger partial charge in [0, 0.05) is 0 Å². The zero-order chi connectivity index (χ0) is 13.3. The van der Waals surface area contributed by atoms with Gasteiger partial charge in [-0.1, -0.05) is 12.1 Å². The number of esters is 1. The lowest BCUT2D eigenvalue weighted by Crippen LogP contribution is -2.39. The molecule has 4 heteroatoms. The molecule has 2 aromatic rings. The van der Waals surface area contributed by atoms with Crippen LogP contribution < -0.4 is 4.74 Å². The molecule has 18 heavy (non-hydrogen) atoms. The van der Waals surface area contributed by atoms with Gasteiger partial charge < -0.3 is 13.9 Å². The van der Waals surface area contributed by atoms with Crippen molar-refractivity contribution < 1.29 is 18.7 Å². The molecule has 0 spiro atoms. The molecule has 0 aliphatic heterocycles. The van der Waals surface area contributed by atoms with E-state index in [2.05, 4.69) is 0 Å². The van der Waals surface area contributed by atoms with E-state index in [0.717, 1.165) is 11.0 Å². The van der Waals surface area contributed by atoms with E-state index in [1.54, 1.807) is 13.8 Å². The van der Waals surface area contributed by atoms with Gasteiger partial charge in [-0.3, -0.25) is 0 Å². The highest BCUT2D eigenvalue weighted by Crippen LogP contribution is 2.34.